The molecule has 2 aromatic rings. The van der Waals surface area contributed by atoms with E-state index in [0.717, 1.165) is 31.2 Å². The molecule has 0 aliphatic rings. The van der Waals surface area contributed by atoms with Crippen LogP contribution < -0.4 is 10.6 Å². The van der Waals surface area contributed by atoms with Crippen molar-refractivity contribution in [2.24, 2.45) is 4.99 Å². The summed E-state index contributed by atoms with van der Waals surface area (Å²) in [5.41, 5.74) is 1.24. The van der Waals surface area contributed by atoms with Crippen molar-refractivity contribution in [3.63, 3.8) is 0 Å². The first kappa shape index (κ1) is 19.4. The van der Waals surface area contributed by atoms with Gasteiger partial charge in [0.15, 0.2) is 5.96 Å². The van der Waals surface area contributed by atoms with Gasteiger partial charge >= 0.3 is 0 Å². The lowest BCUT2D eigenvalue weighted by atomic mass is 10.1. The van der Waals surface area contributed by atoms with E-state index < -0.39 is 0 Å². The lowest BCUT2D eigenvalue weighted by Gasteiger charge is -2.22. The molecule has 0 aliphatic carbocycles. The number of nitrogens with one attached hydrogen (secondary N) is 2. The van der Waals surface area contributed by atoms with Gasteiger partial charge in [0.1, 0.15) is 5.76 Å². The van der Waals surface area contributed by atoms with Crippen LogP contribution >= 0.6 is 11.8 Å². The quantitative estimate of drug-likeness (QED) is 0.546. The minimum atomic E-state index is 0.117. The zero-order valence-corrected chi connectivity index (χ0v) is 16.4. The second kappa shape index (κ2) is 9.56. The van der Waals surface area contributed by atoms with Crippen LogP contribution in [0.15, 0.2) is 58.1 Å². The van der Waals surface area contributed by atoms with Gasteiger partial charge in [-0.1, -0.05) is 30.3 Å². The first-order valence-electron chi connectivity index (χ1n) is 8.67. The Balaban J connectivity index is 1.98. The van der Waals surface area contributed by atoms with Crippen LogP contribution in [-0.4, -0.2) is 30.1 Å². The summed E-state index contributed by atoms with van der Waals surface area (Å²) >= 11 is 1.83. The van der Waals surface area contributed by atoms with Crippen molar-refractivity contribution in [1.29, 1.82) is 0 Å². The Morgan fingerprint density at radius 1 is 1.20 bits per heavy atom. The summed E-state index contributed by atoms with van der Waals surface area (Å²) < 4.78 is 5.51. The summed E-state index contributed by atoms with van der Waals surface area (Å²) in [5.74, 6) is 1.82. The molecule has 1 unspecified atom stereocenters. The van der Waals surface area contributed by atoms with Gasteiger partial charge in [0.2, 0.25) is 0 Å². The maximum atomic E-state index is 5.39. The fraction of sp³-hybridized carbons (Fsp3) is 0.450. The zero-order valence-electron chi connectivity index (χ0n) is 15.6. The molecule has 0 bridgehead atoms. The Kier molecular flexibility index (Phi) is 7.44. The van der Waals surface area contributed by atoms with E-state index in [9.17, 15) is 0 Å². The van der Waals surface area contributed by atoms with Gasteiger partial charge in [-0.25, -0.2) is 0 Å². The first-order valence-corrected chi connectivity index (χ1v) is 9.90. The van der Waals surface area contributed by atoms with Crippen LogP contribution in [0.3, 0.4) is 0 Å². The molecule has 1 atom stereocenters. The number of hydrogen-bond acceptors (Lipinski definition) is 3. The normalized spacial score (nSPS) is 13.5. The van der Waals surface area contributed by atoms with Gasteiger partial charge in [-0.2, -0.15) is 11.8 Å². The highest BCUT2D eigenvalue weighted by Gasteiger charge is 2.16. The van der Waals surface area contributed by atoms with Crippen LogP contribution in [0.5, 0.6) is 0 Å². The highest BCUT2D eigenvalue weighted by molar-refractivity contribution is 7.99. The number of thioether (sulfide) groups is 1. The maximum Gasteiger partial charge on any atom is 0.191 e. The number of nitrogens with zero attached hydrogens (tertiary/aromatic N) is 1. The van der Waals surface area contributed by atoms with Gasteiger partial charge in [-0.3, -0.25) is 4.99 Å². The van der Waals surface area contributed by atoms with Gasteiger partial charge in [0, 0.05) is 17.7 Å². The summed E-state index contributed by atoms with van der Waals surface area (Å²) in [6, 6.07) is 14.5. The SMILES string of the molecule is CSC(C)(C)CN=C(NCCc1ccco1)NC(C)c1ccccc1. The molecule has 0 spiro atoms. The van der Waals surface area contributed by atoms with E-state index in [-0.39, 0.29) is 10.8 Å². The molecule has 1 aromatic heterocycles. The number of furan rings is 1. The monoisotopic (exact) mass is 359 g/mol. The molecule has 1 aromatic carbocycles. The second-order valence-electron chi connectivity index (χ2n) is 6.66. The first-order chi connectivity index (χ1) is 12.0. The van der Waals surface area contributed by atoms with Crippen LogP contribution in [0, 0.1) is 0 Å². The summed E-state index contributed by atoms with van der Waals surface area (Å²) in [7, 11) is 0. The molecule has 0 radical (unpaired) electrons. The molecular formula is C20H29N3OS. The largest absolute Gasteiger partial charge is 0.469 e. The number of guanidine groups is 1. The summed E-state index contributed by atoms with van der Waals surface area (Å²) in [4.78, 5) is 4.79. The highest BCUT2D eigenvalue weighted by Crippen LogP contribution is 2.21. The number of benzene rings is 1. The van der Waals surface area contributed by atoms with E-state index in [1.54, 1.807) is 6.26 Å². The van der Waals surface area contributed by atoms with Gasteiger partial charge in [0.05, 0.1) is 18.8 Å². The molecule has 136 valence electrons. The van der Waals surface area contributed by atoms with Crippen LogP contribution in [-0.2, 0) is 6.42 Å². The third kappa shape index (κ3) is 6.86. The molecule has 4 nitrogen and oxygen atoms in total. The summed E-state index contributed by atoms with van der Waals surface area (Å²) in [6.07, 6.45) is 4.67. The Morgan fingerprint density at radius 3 is 2.60 bits per heavy atom. The molecule has 5 heteroatoms. The fourth-order valence-electron chi connectivity index (χ4n) is 2.28. The lowest BCUT2D eigenvalue weighted by molar-refractivity contribution is 0.506. The summed E-state index contributed by atoms with van der Waals surface area (Å²) in [5, 5.41) is 6.93. The molecule has 0 saturated carbocycles. The van der Waals surface area contributed by atoms with E-state index in [1.807, 2.05) is 30.0 Å². The maximum absolute atomic E-state index is 5.39. The average Bonchev–Trinajstić information content (AvgIpc) is 3.13. The Bertz CT molecular complexity index is 638. The fourth-order valence-corrected chi connectivity index (χ4v) is 2.47. The third-order valence-electron chi connectivity index (χ3n) is 4.07. The van der Waals surface area contributed by atoms with Crippen molar-refractivity contribution in [3.8, 4) is 0 Å². The number of aliphatic imine (C=N–C) groups is 1. The number of hydrogen-bond donors (Lipinski definition) is 2. The molecule has 0 amide bonds. The Hall–Kier alpha value is -1.88. The van der Waals surface area contributed by atoms with Crippen molar-refractivity contribution in [2.45, 2.75) is 38.0 Å². The Labute approximate surface area is 155 Å². The molecule has 2 rings (SSSR count). The van der Waals surface area contributed by atoms with Crippen LogP contribution in [0.1, 0.15) is 38.1 Å². The van der Waals surface area contributed by atoms with Crippen molar-refractivity contribution >= 4 is 17.7 Å². The topological polar surface area (TPSA) is 49.6 Å². The van der Waals surface area contributed by atoms with Crippen LogP contribution in [0.2, 0.25) is 0 Å². The van der Waals surface area contributed by atoms with Gasteiger partial charge < -0.3 is 15.1 Å². The van der Waals surface area contributed by atoms with Crippen LogP contribution in [0.25, 0.3) is 0 Å². The molecule has 0 aliphatic heterocycles. The minimum absolute atomic E-state index is 0.117. The molecule has 0 fully saturated rings. The van der Waals surface area contributed by atoms with Crippen LogP contribution in [0.4, 0.5) is 0 Å². The van der Waals surface area contributed by atoms with E-state index in [0.29, 0.717) is 0 Å². The van der Waals surface area contributed by atoms with Gasteiger partial charge in [0.25, 0.3) is 0 Å². The molecule has 25 heavy (non-hydrogen) atoms. The molecular weight excluding hydrogens is 330 g/mol. The molecule has 1 heterocycles. The predicted octanol–water partition coefficient (Wildman–Crippen LogP) is 4.26. The smallest absolute Gasteiger partial charge is 0.191 e. The second-order valence-corrected chi connectivity index (χ2v) is 8.17. The lowest BCUT2D eigenvalue weighted by Crippen LogP contribution is -2.40. The van der Waals surface area contributed by atoms with Gasteiger partial charge in [-0.05, 0) is 44.7 Å². The minimum Gasteiger partial charge on any atom is -0.469 e. The third-order valence-corrected chi connectivity index (χ3v) is 5.30. The zero-order chi connectivity index (χ0) is 18.1. The number of rotatable bonds is 8. The van der Waals surface area contributed by atoms with E-state index >= 15 is 0 Å². The van der Waals surface area contributed by atoms with E-state index in [4.69, 9.17) is 9.41 Å². The van der Waals surface area contributed by atoms with Crippen molar-refractivity contribution in [3.05, 3.63) is 60.1 Å². The van der Waals surface area contributed by atoms with Crippen molar-refractivity contribution in [2.75, 3.05) is 19.3 Å². The Morgan fingerprint density at radius 2 is 1.96 bits per heavy atom. The predicted molar refractivity (Wildman–Crippen MR) is 108 cm³/mol. The molecule has 0 saturated heterocycles. The van der Waals surface area contributed by atoms with E-state index in [1.165, 1.54) is 5.56 Å². The van der Waals surface area contributed by atoms with Gasteiger partial charge in [-0.15, -0.1) is 0 Å². The highest BCUT2D eigenvalue weighted by atomic mass is 32.2. The van der Waals surface area contributed by atoms with Crippen molar-refractivity contribution in [1.82, 2.24) is 10.6 Å². The molecule has 2 N–H and O–H groups in total. The standard InChI is InChI=1S/C20H29N3OS/c1-16(17-9-6-5-7-10-17)23-19(22-15-20(2,3)25-4)21-13-12-18-11-8-14-24-18/h5-11,14,16H,12-13,15H2,1-4H3,(H2,21,22,23). The van der Waals surface area contributed by atoms with Crippen molar-refractivity contribution < 1.29 is 4.42 Å². The van der Waals surface area contributed by atoms with E-state index in [2.05, 4.69) is 61.9 Å². The summed E-state index contributed by atoms with van der Waals surface area (Å²) in [6.45, 7) is 8.11. The average molecular weight is 360 g/mol.